The third-order valence-electron chi connectivity index (χ3n) is 2.19. The quantitative estimate of drug-likeness (QED) is 0.498. The molecular weight excluding hydrogens is 274 g/mol. The molecule has 104 valence electrons. The standard InChI is InChI=1S/C10H13N3O5S/c11-6-1-2-8(7(5-6)10(15)16)19(17,18)13-4-3-9(12)14/h1-2,5,13H,3-4,11H2,(H2,12,14)(H,15,16). The van der Waals surface area contributed by atoms with Crippen molar-refractivity contribution in [1.29, 1.82) is 0 Å². The maximum absolute atomic E-state index is 11.9. The van der Waals surface area contributed by atoms with Gasteiger partial charge in [0.2, 0.25) is 15.9 Å². The van der Waals surface area contributed by atoms with Crippen LogP contribution in [0.1, 0.15) is 16.8 Å². The lowest BCUT2D eigenvalue weighted by Crippen LogP contribution is -2.29. The first kappa shape index (κ1) is 14.9. The molecule has 0 atom stereocenters. The summed E-state index contributed by atoms with van der Waals surface area (Å²) < 4.78 is 25.9. The molecular formula is C10H13N3O5S. The van der Waals surface area contributed by atoms with Gasteiger partial charge in [0.15, 0.2) is 0 Å². The molecule has 19 heavy (non-hydrogen) atoms. The number of aromatic carboxylic acids is 1. The van der Waals surface area contributed by atoms with Crippen molar-refractivity contribution in [3.8, 4) is 0 Å². The van der Waals surface area contributed by atoms with Crippen LogP contribution in [0.25, 0.3) is 0 Å². The number of primary amides is 1. The fraction of sp³-hybridized carbons (Fsp3) is 0.200. The van der Waals surface area contributed by atoms with E-state index in [4.69, 9.17) is 16.6 Å². The zero-order valence-corrected chi connectivity index (χ0v) is 10.6. The number of hydrogen-bond donors (Lipinski definition) is 4. The normalized spacial score (nSPS) is 11.2. The molecule has 6 N–H and O–H groups in total. The fourth-order valence-electron chi connectivity index (χ4n) is 1.34. The third-order valence-corrected chi connectivity index (χ3v) is 3.71. The summed E-state index contributed by atoms with van der Waals surface area (Å²) in [6.07, 6.45) is -0.184. The number of amides is 1. The van der Waals surface area contributed by atoms with E-state index in [1.807, 2.05) is 0 Å². The summed E-state index contributed by atoms with van der Waals surface area (Å²) in [6, 6.07) is 3.41. The van der Waals surface area contributed by atoms with Gasteiger partial charge in [0.1, 0.15) is 0 Å². The Labute approximate surface area is 109 Å². The Balaban J connectivity index is 3.07. The van der Waals surface area contributed by atoms with Gasteiger partial charge in [-0.15, -0.1) is 0 Å². The van der Waals surface area contributed by atoms with Gasteiger partial charge in [0, 0.05) is 18.7 Å². The molecule has 0 heterocycles. The number of rotatable bonds is 6. The van der Waals surface area contributed by atoms with Crippen molar-refractivity contribution in [2.75, 3.05) is 12.3 Å². The van der Waals surface area contributed by atoms with Gasteiger partial charge >= 0.3 is 5.97 Å². The van der Waals surface area contributed by atoms with Crippen molar-refractivity contribution in [3.63, 3.8) is 0 Å². The van der Waals surface area contributed by atoms with Crippen LogP contribution in [0, 0.1) is 0 Å². The van der Waals surface area contributed by atoms with Gasteiger partial charge in [-0.05, 0) is 18.2 Å². The number of carbonyl (C=O) groups excluding carboxylic acids is 1. The predicted molar refractivity (Wildman–Crippen MR) is 66.8 cm³/mol. The number of nitrogens with one attached hydrogen (secondary N) is 1. The van der Waals surface area contributed by atoms with E-state index in [0.29, 0.717) is 0 Å². The third kappa shape index (κ3) is 3.93. The van der Waals surface area contributed by atoms with Crippen LogP contribution < -0.4 is 16.2 Å². The molecule has 0 radical (unpaired) electrons. The smallest absolute Gasteiger partial charge is 0.337 e. The molecule has 0 saturated heterocycles. The lowest BCUT2D eigenvalue weighted by atomic mass is 10.2. The lowest BCUT2D eigenvalue weighted by molar-refractivity contribution is -0.117. The van der Waals surface area contributed by atoms with E-state index in [0.717, 1.165) is 12.1 Å². The van der Waals surface area contributed by atoms with Gasteiger partial charge in [0.05, 0.1) is 10.5 Å². The summed E-state index contributed by atoms with van der Waals surface area (Å²) >= 11 is 0. The van der Waals surface area contributed by atoms with Crippen LogP contribution in [0.3, 0.4) is 0 Å². The Morgan fingerprint density at radius 3 is 2.47 bits per heavy atom. The number of nitrogens with two attached hydrogens (primary N) is 2. The molecule has 0 bridgehead atoms. The number of carboxylic acids is 1. The minimum atomic E-state index is -4.04. The molecule has 0 fully saturated rings. The second-order valence-electron chi connectivity index (χ2n) is 3.67. The van der Waals surface area contributed by atoms with Gasteiger partial charge in [-0.1, -0.05) is 0 Å². The number of benzene rings is 1. The molecule has 0 unspecified atom stereocenters. The van der Waals surface area contributed by atoms with E-state index in [-0.39, 0.29) is 18.7 Å². The van der Waals surface area contributed by atoms with Gasteiger partial charge in [-0.25, -0.2) is 17.9 Å². The molecule has 9 heteroatoms. The molecule has 1 aromatic rings. The molecule has 1 aromatic carbocycles. The molecule has 0 aliphatic rings. The molecule has 1 amide bonds. The number of sulfonamides is 1. The SMILES string of the molecule is NC(=O)CCNS(=O)(=O)c1ccc(N)cc1C(=O)O. The minimum Gasteiger partial charge on any atom is -0.478 e. The first-order chi connectivity index (χ1) is 8.74. The summed E-state index contributed by atoms with van der Waals surface area (Å²) in [6.45, 7) is -0.207. The highest BCUT2D eigenvalue weighted by Crippen LogP contribution is 2.18. The van der Waals surface area contributed by atoms with Gasteiger partial charge in [0.25, 0.3) is 0 Å². The predicted octanol–water partition coefficient (Wildman–Crippen LogP) is -0.879. The molecule has 0 spiro atoms. The Morgan fingerprint density at radius 1 is 1.32 bits per heavy atom. The zero-order chi connectivity index (χ0) is 14.6. The van der Waals surface area contributed by atoms with Crippen molar-refractivity contribution in [1.82, 2.24) is 4.72 Å². The first-order valence-electron chi connectivity index (χ1n) is 5.15. The van der Waals surface area contributed by atoms with Crippen LogP contribution in [0.4, 0.5) is 5.69 Å². The van der Waals surface area contributed by atoms with Crippen molar-refractivity contribution in [2.45, 2.75) is 11.3 Å². The van der Waals surface area contributed by atoms with Gasteiger partial charge < -0.3 is 16.6 Å². The number of anilines is 1. The summed E-state index contributed by atoms with van der Waals surface area (Å²) in [5, 5.41) is 8.95. The van der Waals surface area contributed by atoms with Crippen molar-refractivity contribution < 1.29 is 23.1 Å². The second kappa shape index (κ2) is 5.67. The number of hydrogen-bond acceptors (Lipinski definition) is 5. The van der Waals surface area contributed by atoms with Crippen molar-refractivity contribution in [3.05, 3.63) is 23.8 Å². The van der Waals surface area contributed by atoms with Crippen LogP contribution in [-0.4, -0.2) is 31.9 Å². The summed E-state index contributed by atoms with van der Waals surface area (Å²) in [5.74, 6) is -2.08. The maximum atomic E-state index is 11.9. The Bertz CT molecular complexity index is 612. The van der Waals surface area contributed by atoms with Crippen LogP contribution in [-0.2, 0) is 14.8 Å². The monoisotopic (exact) mass is 287 g/mol. The average molecular weight is 287 g/mol. The van der Waals surface area contributed by atoms with Crippen molar-refractivity contribution >= 4 is 27.6 Å². The van der Waals surface area contributed by atoms with E-state index in [2.05, 4.69) is 4.72 Å². The number of nitrogen functional groups attached to an aromatic ring is 1. The highest BCUT2D eigenvalue weighted by atomic mass is 32.2. The first-order valence-corrected chi connectivity index (χ1v) is 6.63. The molecule has 0 saturated carbocycles. The highest BCUT2D eigenvalue weighted by Gasteiger charge is 2.22. The summed E-state index contributed by atoms with van der Waals surface area (Å²) in [5.41, 5.74) is 9.98. The fourth-order valence-corrected chi connectivity index (χ4v) is 2.54. The van der Waals surface area contributed by atoms with Crippen LogP contribution in [0.15, 0.2) is 23.1 Å². The molecule has 1 rings (SSSR count). The average Bonchev–Trinajstić information content (AvgIpc) is 2.27. The van der Waals surface area contributed by atoms with E-state index in [9.17, 15) is 18.0 Å². The van der Waals surface area contributed by atoms with Crippen LogP contribution in [0.2, 0.25) is 0 Å². The van der Waals surface area contributed by atoms with E-state index in [1.54, 1.807) is 0 Å². The van der Waals surface area contributed by atoms with E-state index >= 15 is 0 Å². The largest absolute Gasteiger partial charge is 0.478 e. The highest BCUT2D eigenvalue weighted by molar-refractivity contribution is 7.89. The molecule has 8 nitrogen and oxygen atoms in total. The summed E-state index contributed by atoms with van der Waals surface area (Å²) in [4.78, 5) is 21.1. The maximum Gasteiger partial charge on any atom is 0.337 e. The van der Waals surface area contributed by atoms with E-state index in [1.165, 1.54) is 6.07 Å². The van der Waals surface area contributed by atoms with Gasteiger partial charge in [-0.2, -0.15) is 0 Å². The summed E-state index contributed by atoms with van der Waals surface area (Å²) in [7, 11) is -4.04. The minimum absolute atomic E-state index is 0.133. The molecule has 0 aliphatic heterocycles. The molecule has 0 aliphatic carbocycles. The van der Waals surface area contributed by atoms with Crippen LogP contribution >= 0.6 is 0 Å². The zero-order valence-electron chi connectivity index (χ0n) is 9.79. The van der Waals surface area contributed by atoms with Crippen LogP contribution in [0.5, 0.6) is 0 Å². The Kier molecular flexibility index (Phi) is 4.46. The second-order valence-corrected chi connectivity index (χ2v) is 5.41. The number of carboxylic acid groups (broad SMARTS) is 1. The topological polar surface area (TPSA) is 153 Å². The lowest BCUT2D eigenvalue weighted by Gasteiger charge is -2.09. The Hall–Kier alpha value is -2.13. The molecule has 0 aromatic heterocycles. The van der Waals surface area contributed by atoms with Gasteiger partial charge in [-0.3, -0.25) is 4.79 Å². The number of carbonyl (C=O) groups is 2. The van der Waals surface area contributed by atoms with E-state index < -0.39 is 32.4 Å². The Morgan fingerprint density at radius 2 is 1.95 bits per heavy atom. The van der Waals surface area contributed by atoms with Crippen molar-refractivity contribution in [2.24, 2.45) is 5.73 Å².